The first kappa shape index (κ1) is 9.26. The van der Waals surface area contributed by atoms with E-state index in [4.69, 9.17) is 9.47 Å². The van der Waals surface area contributed by atoms with Crippen molar-refractivity contribution < 1.29 is 14.3 Å². The third-order valence-electron chi connectivity index (χ3n) is 1.91. The van der Waals surface area contributed by atoms with Gasteiger partial charge in [-0.1, -0.05) is 6.58 Å². The Bertz CT molecular complexity index is 198. The summed E-state index contributed by atoms with van der Waals surface area (Å²) in [5, 5.41) is 0. The number of carbonyl (C=O) groups is 1. The number of ether oxygens (including phenoxy) is 2. The molecule has 1 rings (SSSR count). The van der Waals surface area contributed by atoms with Crippen molar-refractivity contribution in [2.75, 3.05) is 6.61 Å². The molecule has 1 fully saturated rings. The molecule has 2 atom stereocenters. The van der Waals surface area contributed by atoms with E-state index in [1.165, 1.54) is 0 Å². The second-order valence-electron chi connectivity index (χ2n) is 3.09. The largest absolute Gasteiger partial charge is 0.456 e. The number of hydrogen-bond acceptors (Lipinski definition) is 3. The Morgan fingerprint density at radius 2 is 2.33 bits per heavy atom. The lowest BCUT2D eigenvalue weighted by Gasteiger charge is -2.14. The quantitative estimate of drug-likeness (QED) is 0.462. The van der Waals surface area contributed by atoms with Crippen LogP contribution in [0.4, 0.5) is 0 Å². The van der Waals surface area contributed by atoms with Gasteiger partial charge in [0.2, 0.25) is 0 Å². The van der Waals surface area contributed by atoms with Gasteiger partial charge in [0.25, 0.3) is 0 Å². The molecule has 1 heterocycles. The third-order valence-corrected chi connectivity index (χ3v) is 1.91. The van der Waals surface area contributed by atoms with Gasteiger partial charge in [0.05, 0.1) is 12.7 Å². The fraction of sp³-hybridized carbons (Fsp3) is 0.667. The van der Waals surface area contributed by atoms with Gasteiger partial charge >= 0.3 is 5.97 Å². The number of esters is 1. The highest BCUT2D eigenvalue weighted by Gasteiger charge is 2.27. The van der Waals surface area contributed by atoms with Crippen LogP contribution in [-0.2, 0) is 14.3 Å². The highest BCUT2D eigenvalue weighted by Crippen LogP contribution is 2.17. The van der Waals surface area contributed by atoms with Gasteiger partial charge in [0, 0.05) is 12.0 Å². The highest BCUT2D eigenvalue weighted by molar-refractivity contribution is 5.87. The van der Waals surface area contributed by atoms with E-state index in [-0.39, 0.29) is 18.2 Å². The lowest BCUT2D eigenvalue weighted by molar-refractivity contribution is -0.146. The average Bonchev–Trinajstić information content (AvgIpc) is 2.36. The molecular formula is C9H14O3. The van der Waals surface area contributed by atoms with E-state index >= 15 is 0 Å². The molecule has 2 unspecified atom stereocenters. The minimum absolute atomic E-state index is 0.0216. The molecule has 0 aromatic carbocycles. The Labute approximate surface area is 72.4 Å². The molecule has 0 aliphatic carbocycles. The Morgan fingerprint density at radius 3 is 2.75 bits per heavy atom. The van der Waals surface area contributed by atoms with Crippen molar-refractivity contribution in [1.29, 1.82) is 0 Å². The summed E-state index contributed by atoms with van der Waals surface area (Å²) >= 11 is 0. The maximum atomic E-state index is 11.1. The van der Waals surface area contributed by atoms with E-state index in [1.54, 1.807) is 6.92 Å². The molecule has 0 spiro atoms. The summed E-state index contributed by atoms with van der Waals surface area (Å²) in [6.07, 6.45) is 0.725. The van der Waals surface area contributed by atoms with Crippen LogP contribution in [0.3, 0.4) is 0 Å². The summed E-state index contributed by atoms with van der Waals surface area (Å²) in [5.74, 6) is -0.322. The van der Waals surface area contributed by atoms with Gasteiger partial charge in [0.15, 0.2) is 0 Å². The standard InChI is InChI=1S/C9H14O3/c1-6(2)9(10)12-8-4-5-11-7(8)3/h7-8H,1,4-5H2,2-3H3. The topological polar surface area (TPSA) is 35.5 Å². The van der Waals surface area contributed by atoms with Gasteiger partial charge in [-0.05, 0) is 13.8 Å². The molecule has 0 aromatic heterocycles. The number of hydrogen-bond donors (Lipinski definition) is 0. The highest BCUT2D eigenvalue weighted by atomic mass is 16.6. The third kappa shape index (κ3) is 2.08. The van der Waals surface area contributed by atoms with Crippen LogP contribution in [-0.4, -0.2) is 24.8 Å². The summed E-state index contributed by atoms with van der Waals surface area (Å²) in [6, 6.07) is 0. The van der Waals surface area contributed by atoms with Gasteiger partial charge < -0.3 is 9.47 Å². The predicted molar refractivity (Wildman–Crippen MR) is 44.7 cm³/mol. The van der Waals surface area contributed by atoms with Crippen LogP contribution < -0.4 is 0 Å². The molecule has 1 aliphatic rings. The number of rotatable bonds is 2. The van der Waals surface area contributed by atoms with Crippen molar-refractivity contribution in [3.05, 3.63) is 12.2 Å². The van der Waals surface area contributed by atoms with E-state index in [9.17, 15) is 4.79 Å². The van der Waals surface area contributed by atoms with E-state index in [1.807, 2.05) is 6.92 Å². The summed E-state index contributed by atoms with van der Waals surface area (Å²) < 4.78 is 10.4. The van der Waals surface area contributed by atoms with Gasteiger partial charge in [-0.15, -0.1) is 0 Å². The zero-order valence-electron chi connectivity index (χ0n) is 7.50. The molecular weight excluding hydrogens is 156 g/mol. The van der Waals surface area contributed by atoms with Gasteiger partial charge in [-0.3, -0.25) is 0 Å². The lowest BCUT2D eigenvalue weighted by atomic mass is 10.2. The second kappa shape index (κ2) is 3.72. The molecule has 68 valence electrons. The van der Waals surface area contributed by atoms with E-state index in [2.05, 4.69) is 6.58 Å². The molecule has 0 radical (unpaired) electrons. The van der Waals surface area contributed by atoms with Crippen molar-refractivity contribution in [1.82, 2.24) is 0 Å². The molecule has 0 N–H and O–H groups in total. The van der Waals surface area contributed by atoms with E-state index < -0.39 is 0 Å². The first-order valence-corrected chi connectivity index (χ1v) is 4.09. The first-order chi connectivity index (χ1) is 5.61. The van der Waals surface area contributed by atoms with Crippen LogP contribution in [0, 0.1) is 0 Å². The summed E-state index contributed by atoms with van der Waals surface area (Å²) in [5.41, 5.74) is 0.439. The molecule has 12 heavy (non-hydrogen) atoms. The lowest BCUT2D eigenvalue weighted by Crippen LogP contribution is -2.24. The van der Waals surface area contributed by atoms with Crippen LogP contribution in [0.1, 0.15) is 20.3 Å². The summed E-state index contributed by atoms with van der Waals surface area (Å²) in [6.45, 7) is 7.73. The van der Waals surface area contributed by atoms with Crippen LogP contribution in [0.5, 0.6) is 0 Å². The number of carbonyl (C=O) groups excluding carboxylic acids is 1. The molecule has 0 amide bonds. The van der Waals surface area contributed by atoms with Crippen LogP contribution in [0.15, 0.2) is 12.2 Å². The average molecular weight is 170 g/mol. The molecule has 0 aromatic rings. The van der Waals surface area contributed by atoms with Crippen molar-refractivity contribution >= 4 is 5.97 Å². The molecule has 0 bridgehead atoms. The summed E-state index contributed by atoms with van der Waals surface area (Å²) in [4.78, 5) is 11.1. The van der Waals surface area contributed by atoms with Gasteiger partial charge in [0.1, 0.15) is 6.10 Å². The maximum absolute atomic E-state index is 11.1. The Kier molecular flexibility index (Phi) is 2.87. The van der Waals surface area contributed by atoms with Crippen LogP contribution in [0.2, 0.25) is 0 Å². The smallest absolute Gasteiger partial charge is 0.333 e. The minimum Gasteiger partial charge on any atom is -0.456 e. The summed E-state index contributed by atoms with van der Waals surface area (Å²) in [7, 11) is 0. The molecule has 1 aliphatic heterocycles. The van der Waals surface area contributed by atoms with E-state index in [0.717, 1.165) is 6.42 Å². The zero-order chi connectivity index (χ0) is 9.14. The minimum atomic E-state index is -0.322. The monoisotopic (exact) mass is 170 g/mol. The van der Waals surface area contributed by atoms with Crippen molar-refractivity contribution in [2.45, 2.75) is 32.5 Å². The normalized spacial score (nSPS) is 28.5. The molecule has 3 heteroatoms. The Hall–Kier alpha value is -0.830. The van der Waals surface area contributed by atoms with Crippen molar-refractivity contribution in [2.24, 2.45) is 0 Å². The van der Waals surface area contributed by atoms with Gasteiger partial charge in [-0.25, -0.2) is 4.79 Å². The molecule has 3 nitrogen and oxygen atoms in total. The first-order valence-electron chi connectivity index (χ1n) is 4.09. The predicted octanol–water partition coefficient (Wildman–Crippen LogP) is 1.28. The van der Waals surface area contributed by atoms with Crippen molar-refractivity contribution in [3.8, 4) is 0 Å². The van der Waals surface area contributed by atoms with Gasteiger partial charge in [-0.2, -0.15) is 0 Å². The Balaban J connectivity index is 2.40. The zero-order valence-corrected chi connectivity index (χ0v) is 7.50. The van der Waals surface area contributed by atoms with Crippen molar-refractivity contribution in [3.63, 3.8) is 0 Å². The SMILES string of the molecule is C=C(C)C(=O)OC1CCOC1C. The van der Waals surface area contributed by atoms with Crippen LogP contribution in [0.25, 0.3) is 0 Å². The maximum Gasteiger partial charge on any atom is 0.333 e. The fourth-order valence-corrected chi connectivity index (χ4v) is 1.10. The van der Waals surface area contributed by atoms with E-state index in [0.29, 0.717) is 12.2 Å². The Morgan fingerprint density at radius 1 is 1.67 bits per heavy atom. The fourth-order valence-electron chi connectivity index (χ4n) is 1.10. The second-order valence-corrected chi connectivity index (χ2v) is 3.09. The van der Waals surface area contributed by atoms with Crippen LogP contribution >= 0.6 is 0 Å². The molecule has 1 saturated heterocycles. The molecule has 0 saturated carbocycles.